The lowest BCUT2D eigenvalue weighted by molar-refractivity contribution is -0.137. The van der Waals surface area contributed by atoms with E-state index in [0.29, 0.717) is 5.91 Å². The number of allylic oxidation sites excluding steroid dienone is 2. The average molecular weight is 302 g/mol. The lowest BCUT2D eigenvalue weighted by Crippen LogP contribution is -2.50. The van der Waals surface area contributed by atoms with Gasteiger partial charge in [-0.3, -0.25) is 9.69 Å². The third kappa shape index (κ3) is 3.58. The molecule has 120 valence electrons. The Balaban J connectivity index is 1.43. The van der Waals surface area contributed by atoms with Crippen molar-refractivity contribution in [3.63, 3.8) is 0 Å². The zero-order valence-corrected chi connectivity index (χ0v) is 13.4. The molecule has 0 bridgehead atoms. The van der Waals surface area contributed by atoms with Gasteiger partial charge in [0.2, 0.25) is 5.91 Å². The van der Waals surface area contributed by atoms with Crippen LogP contribution in [0.1, 0.15) is 25.1 Å². The minimum atomic E-state index is 0.227. The largest absolute Gasteiger partial charge is 0.340 e. The molecule has 2 aliphatic rings. The number of hydrogen-bond donors (Lipinski definition) is 0. The van der Waals surface area contributed by atoms with E-state index in [1.165, 1.54) is 0 Å². The van der Waals surface area contributed by atoms with E-state index >= 15 is 0 Å². The lowest BCUT2D eigenvalue weighted by atomic mass is 9.93. The number of rotatable bonds is 4. The molecule has 1 atom stereocenters. The zero-order chi connectivity index (χ0) is 15.4. The summed E-state index contributed by atoms with van der Waals surface area (Å²) in [5.41, 5.74) is 0. The smallest absolute Gasteiger partial charge is 0.226 e. The number of nitrogens with zero attached hydrogens (tertiary/aromatic N) is 4. The van der Waals surface area contributed by atoms with Crippen LogP contribution in [0.3, 0.4) is 0 Å². The van der Waals surface area contributed by atoms with E-state index in [2.05, 4.69) is 31.5 Å². The average Bonchev–Trinajstić information content (AvgIpc) is 2.99. The van der Waals surface area contributed by atoms with E-state index in [1.807, 2.05) is 19.3 Å². The summed E-state index contributed by atoms with van der Waals surface area (Å²) in [5.74, 6) is 1.67. The molecule has 1 saturated heterocycles. The van der Waals surface area contributed by atoms with Gasteiger partial charge in [0.05, 0.1) is 0 Å². The van der Waals surface area contributed by atoms with Crippen LogP contribution in [0.25, 0.3) is 0 Å². The van der Waals surface area contributed by atoms with Crippen molar-refractivity contribution in [1.29, 1.82) is 0 Å². The standard InChI is InChI=1S/C17H26N4O/c1-15-18-7-8-20(15)12-9-19-10-13-21(14-11-19)17(22)16-5-3-2-4-6-16/h2-3,7-8,16H,4-6,9-14H2,1H3. The molecule has 22 heavy (non-hydrogen) atoms. The molecule has 0 radical (unpaired) electrons. The van der Waals surface area contributed by atoms with E-state index in [1.54, 1.807) is 0 Å². The molecule has 1 amide bonds. The van der Waals surface area contributed by atoms with Crippen LogP contribution in [0.4, 0.5) is 0 Å². The second-order valence-electron chi connectivity index (χ2n) is 6.32. The zero-order valence-electron chi connectivity index (χ0n) is 13.4. The van der Waals surface area contributed by atoms with Crippen molar-refractivity contribution in [2.24, 2.45) is 5.92 Å². The predicted molar refractivity (Wildman–Crippen MR) is 86.5 cm³/mol. The summed E-state index contributed by atoms with van der Waals surface area (Å²) < 4.78 is 2.19. The quantitative estimate of drug-likeness (QED) is 0.795. The number of carbonyl (C=O) groups excluding carboxylic acids is 1. The van der Waals surface area contributed by atoms with Crippen molar-refractivity contribution in [2.75, 3.05) is 32.7 Å². The van der Waals surface area contributed by atoms with Gasteiger partial charge in [0, 0.05) is 57.6 Å². The molecule has 0 N–H and O–H groups in total. The maximum absolute atomic E-state index is 12.5. The summed E-state index contributed by atoms with van der Waals surface area (Å²) in [5, 5.41) is 0. The number of aromatic nitrogens is 2. The number of carbonyl (C=O) groups is 1. The first-order valence-corrected chi connectivity index (χ1v) is 8.38. The molecule has 5 nitrogen and oxygen atoms in total. The van der Waals surface area contributed by atoms with Crippen molar-refractivity contribution in [2.45, 2.75) is 32.7 Å². The van der Waals surface area contributed by atoms with Gasteiger partial charge in [-0.2, -0.15) is 0 Å². The van der Waals surface area contributed by atoms with Gasteiger partial charge >= 0.3 is 0 Å². The molecule has 1 unspecified atom stereocenters. The third-order valence-electron chi connectivity index (χ3n) is 4.88. The van der Waals surface area contributed by atoms with Gasteiger partial charge in [0.15, 0.2) is 0 Å². The van der Waals surface area contributed by atoms with E-state index in [9.17, 15) is 4.79 Å². The lowest BCUT2D eigenvalue weighted by Gasteiger charge is -2.36. The summed E-state index contributed by atoms with van der Waals surface area (Å²) in [6, 6.07) is 0. The maximum atomic E-state index is 12.5. The fourth-order valence-corrected chi connectivity index (χ4v) is 3.36. The van der Waals surface area contributed by atoms with E-state index in [4.69, 9.17) is 0 Å². The molecule has 1 aromatic rings. The molecule has 1 aliphatic heterocycles. The Morgan fingerprint density at radius 1 is 1.23 bits per heavy atom. The normalized spacial score (nSPS) is 23.0. The Morgan fingerprint density at radius 3 is 2.68 bits per heavy atom. The van der Waals surface area contributed by atoms with Crippen molar-refractivity contribution in [3.8, 4) is 0 Å². The number of aryl methyl sites for hydroxylation is 1. The topological polar surface area (TPSA) is 41.4 Å². The molecule has 0 saturated carbocycles. The monoisotopic (exact) mass is 302 g/mol. The fourth-order valence-electron chi connectivity index (χ4n) is 3.36. The van der Waals surface area contributed by atoms with Gasteiger partial charge in [0.1, 0.15) is 5.82 Å². The molecule has 1 aliphatic carbocycles. The predicted octanol–water partition coefficient (Wildman–Crippen LogP) is 1.69. The maximum Gasteiger partial charge on any atom is 0.226 e. The highest BCUT2D eigenvalue weighted by Crippen LogP contribution is 2.21. The number of amides is 1. The van der Waals surface area contributed by atoms with E-state index < -0.39 is 0 Å². The van der Waals surface area contributed by atoms with Crippen LogP contribution in [0.2, 0.25) is 0 Å². The van der Waals surface area contributed by atoms with Gasteiger partial charge in [-0.25, -0.2) is 4.98 Å². The Kier molecular flexibility index (Phi) is 4.93. The molecule has 1 aromatic heterocycles. The molecule has 3 rings (SSSR count). The highest BCUT2D eigenvalue weighted by atomic mass is 16.2. The van der Waals surface area contributed by atoms with Gasteiger partial charge in [0.25, 0.3) is 0 Å². The van der Waals surface area contributed by atoms with Crippen LogP contribution in [0.15, 0.2) is 24.5 Å². The first-order chi connectivity index (χ1) is 10.7. The van der Waals surface area contributed by atoms with Crippen LogP contribution in [0, 0.1) is 12.8 Å². The van der Waals surface area contributed by atoms with E-state index in [0.717, 1.165) is 64.4 Å². The van der Waals surface area contributed by atoms with Gasteiger partial charge in [-0.05, 0) is 26.2 Å². The SMILES string of the molecule is Cc1nccn1CCN1CCN(C(=O)C2CC=CCC2)CC1. The number of hydrogen-bond acceptors (Lipinski definition) is 3. The Labute approximate surface area is 132 Å². The molecule has 5 heteroatoms. The van der Waals surface area contributed by atoms with Crippen molar-refractivity contribution < 1.29 is 4.79 Å². The van der Waals surface area contributed by atoms with Gasteiger partial charge in [-0.15, -0.1) is 0 Å². The van der Waals surface area contributed by atoms with Crippen LogP contribution in [0.5, 0.6) is 0 Å². The summed E-state index contributed by atoms with van der Waals surface area (Å²) >= 11 is 0. The Morgan fingerprint density at radius 2 is 2.05 bits per heavy atom. The number of piperazine rings is 1. The fraction of sp³-hybridized carbons (Fsp3) is 0.647. The summed E-state index contributed by atoms with van der Waals surface area (Å²) in [7, 11) is 0. The molecule has 0 spiro atoms. The molecular weight excluding hydrogens is 276 g/mol. The second-order valence-corrected chi connectivity index (χ2v) is 6.32. The Bertz CT molecular complexity index is 529. The second kappa shape index (κ2) is 7.09. The number of imidazole rings is 1. The first kappa shape index (κ1) is 15.3. The minimum Gasteiger partial charge on any atom is -0.340 e. The summed E-state index contributed by atoms with van der Waals surface area (Å²) in [6.45, 7) is 7.78. The molecule has 1 fully saturated rings. The van der Waals surface area contributed by atoms with Crippen LogP contribution < -0.4 is 0 Å². The summed E-state index contributed by atoms with van der Waals surface area (Å²) in [4.78, 5) is 21.3. The Hall–Kier alpha value is -1.62. The third-order valence-corrected chi connectivity index (χ3v) is 4.88. The van der Waals surface area contributed by atoms with Crippen molar-refractivity contribution >= 4 is 5.91 Å². The molecule has 0 aromatic carbocycles. The molecular formula is C17H26N4O. The van der Waals surface area contributed by atoms with Crippen LogP contribution >= 0.6 is 0 Å². The highest BCUT2D eigenvalue weighted by molar-refractivity contribution is 5.79. The minimum absolute atomic E-state index is 0.227. The van der Waals surface area contributed by atoms with Crippen LogP contribution in [-0.4, -0.2) is 58.0 Å². The molecule has 2 heterocycles. The van der Waals surface area contributed by atoms with Crippen molar-refractivity contribution in [1.82, 2.24) is 19.4 Å². The van der Waals surface area contributed by atoms with Gasteiger partial charge in [-0.1, -0.05) is 12.2 Å². The van der Waals surface area contributed by atoms with E-state index in [-0.39, 0.29) is 5.92 Å². The van der Waals surface area contributed by atoms with Crippen molar-refractivity contribution in [3.05, 3.63) is 30.4 Å². The van der Waals surface area contributed by atoms with Crippen LogP contribution in [-0.2, 0) is 11.3 Å². The van der Waals surface area contributed by atoms with Gasteiger partial charge < -0.3 is 9.47 Å². The highest BCUT2D eigenvalue weighted by Gasteiger charge is 2.27. The summed E-state index contributed by atoms with van der Waals surface area (Å²) in [6.07, 6.45) is 11.3. The first-order valence-electron chi connectivity index (χ1n) is 8.38.